The Balaban J connectivity index is 1.92. The first-order valence-corrected chi connectivity index (χ1v) is 7.68. The lowest BCUT2D eigenvalue weighted by Gasteiger charge is -2.24. The van der Waals surface area contributed by atoms with Gasteiger partial charge in [-0.25, -0.2) is 0 Å². The zero-order chi connectivity index (χ0) is 10.9. The Kier molecular flexibility index (Phi) is 3.92. The molecule has 1 nitrogen and oxygen atoms in total. The van der Waals surface area contributed by atoms with E-state index in [1.54, 1.807) is 11.3 Å². The molecule has 0 spiro atoms. The molecule has 84 valence electrons. The van der Waals surface area contributed by atoms with Crippen molar-refractivity contribution < 1.29 is 0 Å². The van der Waals surface area contributed by atoms with Crippen molar-refractivity contribution in [2.45, 2.75) is 44.7 Å². The fraction of sp³-hybridized carbons (Fsp3) is 0.636. The van der Waals surface area contributed by atoms with Crippen molar-refractivity contribution in [2.75, 3.05) is 0 Å². The summed E-state index contributed by atoms with van der Waals surface area (Å²) in [6.45, 7) is 3.34. The quantitative estimate of drug-likeness (QED) is 0.831. The molecule has 1 heterocycles. The highest BCUT2D eigenvalue weighted by atomic mass is 79.9. The van der Waals surface area contributed by atoms with Gasteiger partial charge in [-0.1, -0.05) is 12.8 Å². The van der Waals surface area contributed by atoms with Crippen LogP contribution in [0.1, 0.15) is 37.5 Å². The first-order chi connectivity index (χ1) is 7.09. The highest BCUT2D eigenvalue weighted by Crippen LogP contribution is 2.34. The van der Waals surface area contributed by atoms with Crippen molar-refractivity contribution in [2.24, 2.45) is 0 Å². The molecule has 0 aromatic carbocycles. The molecule has 1 aliphatic carbocycles. The number of hydrogen-bond donors (Lipinski definition) is 1. The van der Waals surface area contributed by atoms with Gasteiger partial charge in [-0.3, -0.25) is 0 Å². The van der Waals surface area contributed by atoms with Crippen LogP contribution >= 0.6 is 43.2 Å². The van der Waals surface area contributed by atoms with Crippen molar-refractivity contribution in [3.8, 4) is 0 Å². The van der Waals surface area contributed by atoms with Gasteiger partial charge in [-0.2, -0.15) is 0 Å². The van der Waals surface area contributed by atoms with E-state index < -0.39 is 0 Å². The molecular formula is C11H15Br2NS. The first kappa shape index (κ1) is 12.1. The smallest absolute Gasteiger partial charge is 0.0843 e. The summed E-state index contributed by atoms with van der Waals surface area (Å²) in [5.41, 5.74) is 0.378. The molecule has 15 heavy (non-hydrogen) atoms. The van der Waals surface area contributed by atoms with Crippen molar-refractivity contribution in [3.63, 3.8) is 0 Å². The van der Waals surface area contributed by atoms with Crippen LogP contribution in [-0.2, 0) is 6.54 Å². The molecule has 1 aromatic rings. The lowest BCUT2D eigenvalue weighted by Crippen LogP contribution is -2.38. The van der Waals surface area contributed by atoms with E-state index in [2.05, 4.69) is 50.2 Å². The first-order valence-electron chi connectivity index (χ1n) is 5.28. The second kappa shape index (κ2) is 4.86. The van der Waals surface area contributed by atoms with E-state index in [1.165, 1.54) is 38.8 Å². The van der Waals surface area contributed by atoms with Crippen molar-refractivity contribution >= 4 is 43.2 Å². The largest absolute Gasteiger partial charge is 0.307 e. The van der Waals surface area contributed by atoms with Gasteiger partial charge in [0.15, 0.2) is 0 Å². The Morgan fingerprint density at radius 2 is 2.07 bits per heavy atom. The van der Waals surface area contributed by atoms with Gasteiger partial charge < -0.3 is 5.32 Å². The average molecular weight is 353 g/mol. The molecule has 0 atom stereocenters. The van der Waals surface area contributed by atoms with Gasteiger partial charge in [0.1, 0.15) is 0 Å². The Hall–Kier alpha value is 0.620. The number of rotatable bonds is 3. The summed E-state index contributed by atoms with van der Waals surface area (Å²) >= 11 is 8.85. The summed E-state index contributed by atoms with van der Waals surface area (Å²) in [6.07, 6.45) is 5.39. The minimum atomic E-state index is 0.378. The maximum atomic E-state index is 3.68. The standard InChI is InChI=1S/C11H15Br2NS/c1-11(4-2-3-5-11)14-7-8-6-9(12)10(13)15-8/h6,14H,2-5,7H2,1H3. The van der Waals surface area contributed by atoms with E-state index in [0.29, 0.717) is 5.54 Å². The predicted molar refractivity (Wildman–Crippen MR) is 73.4 cm³/mol. The summed E-state index contributed by atoms with van der Waals surface area (Å²) in [5.74, 6) is 0. The van der Waals surface area contributed by atoms with Gasteiger partial charge in [-0.15, -0.1) is 11.3 Å². The lowest BCUT2D eigenvalue weighted by atomic mass is 10.0. The van der Waals surface area contributed by atoms with Gasteiger partial charge in [0.25, 0.3) is 0 Å². The fourth-order valence-corrected chi connectivity index (χ4v) is 4.23. The van der Waals surface area contributed by atoms with Crippen LogP contribution in [0.4, 0.5) is 0 Å². The second-order valence-electron chi connectivity index (χ2n) is 4.46. The minimum absolute atomic E-state index is 0.378. The Morgan fingerprint density at radius 3 is 2.60 bits per heavy atom. The molecule has 1 aliphatic rings. The Morgan fingerprint density at radius 1 is 1.40 bits per heavy atom. The van der Waals surface area contributed by atoms with E-state index in [0.717, 1.165) is 6.54 Å². The summed E-state index contributed by atoms with van der Waals surface area (Å²) in [5, 5.41) is 3.68. The SMILES string of the molecule is CC1(NCc2cc(Br)c(Br)s2)CCCC1. The summed E-state index contributed by atoms with van der Waals surface area (Å²) in [6, 6.07) is 2.19. The third-order valence-electron chi connectivity index (χ3n) is 3.09. The van der Waals surface area contributed by atoms with Crippen LogP contribution in [0, 0.1) is 0 Å². The van der Waals surface area contributed by atoms with Crippen LogP contribution < -0.4 is 5.32 Å². The highest BCUT2D eigenvalue weighted by Gasteiger charge is 2.27. The van der Waals surface area contributed by atoms with Crippen LogP contribution in [0.5, 0.6) is 0 Å². The molecule has 1 fully saturated rings. The Bertz CT molecular complexity index is 323. The molecule has 0 aliphatic heterocycles. The lowest BCUT2D eigenvalue weighted by molar-refractivity contribution is 0.364. The molecule has 0 amide bonds. The molecular weight excluding hydrogens is 338 g/mol. The molecule has 2 rings (SSSR count). The average Bonchev–Trinajstić information content (AvgIpc) is 2.73. The topological polar surface area (TPSA) is 12.0 Å². The van der Waals surface area contributed by atoms with Crippen molar-refractivity contribution in [1.82, 2.24) is 5.32 Å². The number of halogens is 2. The van der Waals surface area contributed by atoms with Gasteiger partial charge in [0.2, 0.25) is 0 Å². The molecule has 1 aromatic heterocycles. The van der Waals surface area contributed by atoms with Gasteiger partial charge >= 0.3 is 0 Å². The monoisotopic (exact) mass is 351 g/mol. The summed E-state index contributed by atoms with van der Waals surface area (Å²) in [4.78, 5) is 1.39. The molecule has 0 radical (unpaired) electrons. The maximum Gasteiger partial charge on any atom is 0.0843 e. The van der Waals surface area contributed by atoms with Crippen LogP contribution in [0.2, 0.25) is 0 Å². The summed E-state index contributed by atoms with van der Waals surface area (Å²) in [7, 11) is 0. The molecule has 0 saturated heterocycles. The van der Waals surface area contributed by atoms with Crippen LogP contribution in [-0.4, -0.2) is 5.54 Å². The van der Waals surface area contributed by atoms with E-state index in [-0.39, 0.29) is 0 Å². The highest BCUT2D eigenvalue weighted by molar-refractivity contribution is 9.13. The molecule has 4 heteroatoms. The van der Waals surface area contributed by atoms with Crippen LogP contribution in [0.25, 0.3) is 0 Å². The van der Waals surface area contributed by atoms with Gasteiger partial charge in [-0.05, 0) is 57.7 Å². The molecule has 1 N–H and O–H groups in total. The normalized spacial score (nSPS) is 19.7. The third kappa shape index (κ3) is 3.05. The predicted octanol–water partition coefficient (Wildman–Crippen LogP) is 4.70. The fourth-order valence-electron chi connectivity index (χ4n) is 2.11. The second-order valence-corrected chi connectivity index (χ2v) is 7.76. The van der Waals surface area contributed by atoms with E-state index in [9.17, 15) is 0 Å². The Labute approximate surface area is 112 Å². The third-order valence-corrected chi connectivity index (χ3v) is 6.35. The number of nitrogens with one attached hydrogen (secondary N) is 1. The molecule has 1 saturated carbocycles. The van der Waals surface area contributed by atoms with E-state index >= 15 is 0 Å². The zero-order valence-corrected chi connectivity index (χ0v) is 12.8. The summed E-state index contributed by atoms with van der Waals surface area (Å²) < 4.78 is 2.36. The van der Waals surface area contributed by atoms with Crippen LogP contribution in [0.3, 0.4) is 0 Å². The van der Waals surface area contributed by atoms with Crippen molar-refractivity contribution in [3.05, 3.63) is 19.2 Å². The molecule has 0 bridgehead atoms. The van der Waals surface area contributed by atoms with Crippen LogP contribution in [0.15, 0.2) is 14.3 Å². The van der Waals surface area contributed by atoms with E-state index in [4.69, 9.17) is 0 Å². The zero-order valence-electron chi connectivity index (χ0n) is 8.78. The maximum absolute atomic E-state index is 3.68. The van der Waals surface area contributed by atoms with Gasteiger partial charge in [0, 0.05) is 21.4 Å². The van der Waals surface area contributed by atoms with Crippen molar-refractivity contribution in [1.29, 1.82) is 0 Å². The molecule has 0 unspecified atom stereocenters. The minimum Gasteiger partial charge on any atom is -0.307 e. The number of hydrogen-bond acceptors (Lipinski definition) is 2. The van der Waals surface area contributed by atoms with E-state index in [1.807, 2.05) is 0 Å². The van der Waals surface area contributed by atoms with Gasteiger partial charge in [0.05, 0.1) is 3.79 Å². The number of thiophene rings is 1.